The number of hydrogen-bond donors (Lipinski definition) is 2. The second-order valence-corrected chi connectivity index (χ2v) is 8.74. The molecule has 2 atom stereocenters. The second kappa shape index (κ2) is 11.2. The molecule has 0 bridgehead atoms. The summed E-state index contributed by atoms with van der Waals surface area (Å²) in [6.07, 6.45) is 4.94. The first-order valence-corrected chi connectivity index (χ1v) is 10.8. The SMILES string of the molecule is C#CN(C(=O)C(C)NC(=O)OC(C)(C)C)C(C(=O)Nc1ccc(OC)cc1)c1cccc(C)c1. The molecule has 2 rings (SSSR count). The van der Waals surface area contributed by atoms with Crippen molar-refractivity contribution in [2.24, 2.45) is 0 Å². The standard InChI is InChI=1S/C26H31N3O5/c1-8-29(24(31)18(3)27-25(32)34-26(4,5)6)22(19-11-9-10-17(2)16-19)23(30)28-20-12-14-21(33-7)15-13-20/h1,9-16,18,22H,2-7H3,(H,27,32)(H,28,30). The fourth-order valence-electron chi connectivity index (χ4n) is 3.16. The van der Waals surface area contributed by atoms with Crippen molar-refractivity contribution in [3.63, 3.8) is 0 Å². The average Bonchev–Trinajstić information content (AvgIpc) is 2.75. The first kappa shape index (κ1) is 26.3. The van der Waals surface area contributed by atoms with E-state index in [9.17, 15) is 14.4 Å². The molecule has 0 saturated carbocycles. The van der Waals surface area contributed by atoms with Gasteiger partial charge in [0.2, 0.25) is 0 Å². The van der Waals surface area contributed by atoms with Gasteiger partial charge in [-0.05, 0) is 64.4 Å². The number of carbonyl (C=O) groups excluding carboxylic acids is 3. The maximum Gasteiger partial charge on any atom is 0.408 e. The van der Waals surface area contributed by atoms with Crippen LogP contribution in [0.15, 0.2) is 48.5 Å². The highest BCUT2D eigenvalue weighted by Gasteiger charge is 2.34. The van der Waals surface area contributed by atoms with Gasteiger partial charge < -0.3 is 20.1 Å². The molecule has 0 aliphatic rings. The summed E-state index contributed by atoms with van der Waals surface area (Å²) in [5, 5.41) is 5.27. The number of carbonyl (C=O) groups is 3. The smallest absolute Gasteiger partial charge is 0.408 e. The number of aryl methyl sites for hydroxylation is 1. The van der Waals surface area contributed by atoms with Crippen LogP contribution in [0.3, 0.4) is 0 Å². The molecule has 8 nitrogen and oxygen atoms in total. The van der Waals surface area contributed by atoms with E-state index in [1.54, 1.807) is 70.3 Å². The van der Waals surface area contributed by atoms with E-state index in [0.29, 0.717) is 17.0 Å². The molecule has 3 amide bonds. The Labute approximate surface area is 200 Å². The van der Waals surface area contributed by atoms with E-state index in [1.807, 2.05) is 13.0 Å². The van der Waals surface area contributed by atoms with Crippen LogP contribution in [0.4, 0.5) is 10.5 Å². The first-order valence-electron chi connectivity index (χ1n) is 10.8. The third kappa shape index (κ3) is 7.27. The van der Waals surface area contributed by atoms with E-state index in [1.165, 1.54) is 6.92 Å². The molecule has 0 spiro atoms. The van der Waals surface area contributed by atoms with Crippen LogP contribution in [-0.4, -0.2) is 41.6 Å². The number of terminal acetylenes is 1. The molecule has 180 valence electrons. The fourth-order valence-corrected chi connectivity index (χ4v) is 3.16. The third-order valence-electron chi connectivity index (χ3n) is 4.70. The lowest BCUT2D eigenvalue weighted by atomic mass is 10.0. The highest BCUT2D eigenvalue weighted by Crippen LogP contribution is 2.25. The van der Waals surface area contributed by atoms with E-state index >= 15 is 0 Å². The maximum absolute atomic E-state index is 13.4. The number of nitrogens with zero attached hydrogens (tertiary/aromatic N) is 1. The highest BCUT2D eigenvalue weighted by atomic mass is 16.6. The first-order chi connectivity index (χ1) is 15.9. The van der Waals surface area contributed by atoms with Gasteiger partial charge in [-0.2, -0.15) is 0 Å². The van der Waals surface area contributed by atoms with Crippen LogP contribution in [0, 0.1) is 19.4 Å². The van der Waals surface area contributed by atoms with Crippen LogP contribution in [0.2, 0.25) is 0 Å². The molecule has 0 saturated heterocycles. The molecule has 0 heterocycles. The molecule has 0 radical (unpaired) electrons. The molecule has 2 aromatic carbocycles. The van der Waals surface area contributed by atoms with Crippen molar-refractivity contribution in [2.75, 3.05) is 12.4 Å². The summed E-state index contributed by atoms with van der Waals surface area (Å²) in [5.41, 5.74) is 1.19. The van der Waals surface area contributed by atoms with Gasteiger partial charge in [0, 0.05) is 11.7 Å². The molecular weight excluding hydrogens is 434 g/mol. The lowest BCUT2D eigenvalue weighted by Gasteiger charge is -2.29. The Morgan fingerprint density at radius 3 is 2.26 bits per heavy atom. The van der Waals surface area contributed by atoms with Gasteiger partial charge in [0.25, 0.3) is 11.8 Å². The summed E-state index contributed by atoms with van der Waals surface area (Å²) in [6, 6.07) is 14.1. The fraction of sp³-hybridized carbons (Fsp3) is 0.346. The molecule has 2 unspecified atom stereocenters. The topological polar surface area (TPSA) is 97.0 Å². The van der Waals surface area contributed by atoms with E-state index in [-0.39, 0.29) is 0 Å². The Morgan fingerprint density at radius 2 is 1.74 bits per heavy atom. The Kier molecular flexibility index (Phi) is 8.68. The summed E-state index contributed by atoms with van der Waals surface area (Å²) >= 11 is 0. The van der Waals surface area contributed by atoms with E-state index in [4.69, 9.17) is 15.9 Å². The van der Waals surface area contributed by atoms with Gasteiger partial charge in [-0.15, -0.1) is 0 Å². The summed E-state index contributed by atoms with van der Waals surface area (Å²) < 4.78 is 10.4. The number of ether oxygens (including phenoxy) is 2. The van der Waals surface area contributed by atoms with Crippen molar-refractivity contribution in [1.29, 1.82) is 0 Å². The molecule has 8 heteroatoms. The number of methoxy groups -OCH3 is 1. The number of alkyl carbamates (subject to hydrolysis) is 1. The van der Waals surface area contributed by atoms with Gasteiger partial charge in [-0.25, -0.2) is 4.79 Å². The van der Waals surface area contributed by atoms with Gasteiger partial charge in [-0.3, -0.25) is 14.5 Å². The van der Waals surface area contributed by atoms with Crippen molar-refractivity contribution in [3.05, 3.63) is 59.7 Å². The van der Waals surface area contributed by atoms with Crippen molar-refractivity contribution in [3.8, 4) is 18.2 Å². The zero-order valence-corrected chi connectivity index (χ0v) is 20.3. The Balaban J connectivity index is 2.33. The summed E-state index contributed by atoms with van der Waals surface area (Å²) in [6.45, 7) is 8.49. The molecule has 34 heavy (non-hydrogen) atoms. The van der Waals surface area contributed by atoms with Crippen molar-refractivity contribution in [1.82, 2.24) is 10.2 Å². The number of nitrogens with one attached hydrogen (secondary N) is 2. The van der Waals surface area contributed by atoms with Gasteiger partial charge >= 0.3 is 6.09 Å². The monoisotopic (exact) mass is 465 g/mol. The van der Waals surface area contributed by atoms with E-state index in [2.05, 4.69) is 16.7 Å². The lowest BCUT2D eigenvalue weighted by molar-refractivity contribution is -0.136. The predicted octanol–water partition coefficient (Wildman–Crippen LogP) is 4.02. The number of anilines is 1. The van der Waals surface area contributed by atoms with Gasteiger partial charge in [-0.1, -0.05) is 36.3 Å². The number of hydrogen-bond acceptors (Lipinski definition) is 5. The van der Waals surface area contributed by atoms with Crippen LogP contribution in [0.25, 0.3) is 0 Å². The quantitative estimate of drug-likeness (QED) is 0.476. The zero-order valence-electron chi connectivity index (χ0n) is 20.3. The minimum atomic E-state index is -1.14. The van der Waals surface area contributed by atoms with Crippen LogP contribution in [-0.2, 0) is 14.3 Å². The van der Waals surface area contributed by atoms with Crippen LogP contribution >= 0.6 is 0 Å². The van der Waals surface area contributed by atoms with Gasteiger partial charge in [0.1, 0.15) is 23.4 Å². The van der Waals surface area contributed by atoms with Gasteiger partial charge in [0.15, 0.2) is 0 Å². The van der Waals surface area contributed by atoms with Crippen molar-refractivity contribution < 1.29 is 23.9 Å². The van der Waals surface area contributed by atoms with E-state index in [0.717, 1.165) is 10.5 Å². The predicted molar refractivity (Wildman–Crippen MR) is 130 cm³/mol. The Bertz CT molecular complexity index is 1070. The molecule has 0 aromatic heterocycles. The van der Waals surface area contributed by atoms with Crippen LogP contribution in [0.5, 0.6) is 5.75 Å². The molecule has 0 aliphatic heterocycles. The highest BCUT2D eigenvalue weighted by molar-refractivity contribution is 5.99. The molecule has 2 N–H and O–H groups in total. The normalized spacial score (nSPS) is 12.5. The van der Waals surface area contributed by atoms with Crippen molar-refractivity contribution >= 4 is 23.6 Å². The van der Waals surface area contributed by atoms with E-state index < -0.39 is 35.6 Å². The number of benzene rings is 2. The summed E-state index contributed by atoms with van der Waals surface area (Å²) in [4.78, 5) is 39.7. The second-order valence-electron chi connectivity index (χ2n) is 8.74. The lowest BCUT2D eigenvalue weighted by Crippen LogP contribution is -2.49. The minimum Gasteiger partial charge on any atom is -0.497 e. The Hall–Kier alpha value is -3.99. The largest absolute Gasteiger partial charge is 0.497 e. The van der Waals surface area contributed by atoms with Crippen LogP contribution < -0.4 is 15.4 Å². The van der Waals surface area contributed by atoms with Crippen molar-refractivity contribution in [2.45, 2.75) is 52.3 Å². The molecule has 0 aliphatic carbocycles. The minimum absolute atomic E-state index is 0.507. The average molecular weight is 466 g/mol. The molecule has 2 aromatic rings. The third-order valence-corrected chi connectivity index (χ3v) is 4.70. The Morgan fingerprint density at radius 1 is 1.09 bits per heavy atom. The van der Waals surface area contributed by atoms with Gasteiger partial charge in [0.05, 0.1) is 7.11 Å². The maximum atomic E-state index is 13.4. The molecule has 0 fully saturated rings. The molecular formula is C26H31N3O5. The summed E-state index contributed by atoms with van der Waals surface area (Å²) in [5.74, 6) is -0.507. The summed E-state index contributed by atoms with van der Waals surface area (Å²) in [7, 11) is 1.55. The van der Waals surface area contributed by atoms with Crippen LogP contribution in [0.1, 0.15) is 44.9 Å². The number of rotatable bonds is 7. The number of amides is 3. The zero-order chi connectivity index (χ0) is 25.5.